The van der Waals surface area contributed by atoms with Crippen molar-refractivity contribution in [3.63, 3.8) is 0 Å². The Balaban J connectivity index is 1.74. The molecule has 2 unspecified atom stereocenters. The lowest BCUT2D eigenvalue weighted by Crippen LogP contribution is -2.53. The smallest absolute Gasteiger partial charge is 0.0581 e. The van der Waals surface area contributed by atoms with Crippen molar-refractivity contribution in [1.82, 2.24) is 5.32 Å². The number of hydrogen-bond donors (Lipinski definition) is 1. The zero-order valence-electron chi connectivity index (χ0n) is 10.1. The van der Waals surface area contributed by atoms with Crippen molar-refractivity contribution in [2.24, 2.45) is 17.3 Å². The summed E-state index contributed by atoms with van der Waals surface area (Å²) in [6.45, 7) is 0.943. The van der Waals surface area contributed by atoms with Crippen LogP contribution in [0.2, 0.25) is 0 Å². The molecule has 0 amide bonds. The Bertz CT molecular complexity index is 395. The van der Waals surface area contributed by atoms with Crippen LogP contribution in [0.3, 0.4) is 0 Å². The van der Waals surface area contributed by atoms with Crippen LogP contribution in [0.4, 0.5) is 0 Å². The molecule has 17 heavy (non-hydrogen) atoms. The van der Waals surface area contributed by atoms with Crippen molar-refractivity contribution in [2.75, 3.05) is 6.54 Å². The summed E-state index contributed by atoms with van der Waals surface area (Å²) in [6, 6.07) is 0. The summed E-state index contributed by atoms with van der Waals surface area (Å²) in [5.74, 6) is 1.77. The number of dihydropyridines is 1. The molecule has 4 fully saturated rings. The van der Waals surface area contributed by atoms with E-state index in [1.165, 1.54) is 44.1 Å². The Labute approximate surface area is 108 Å². The van der Waals surface area contributed by atoms with E-state index in [2.05, 4.69) is 23.7 Å². The molecule has 1 N–H and O–H groups in total. The molecule has 0 aromatic rings. The Morgan fingerprint density at radius 1 is 1.24 bits per heavy atom. The SMILES string of the molecule is ClC12CC3CC(C1)CC(C1=CCN[C]=C1)(C3)C2. The van der Waals surface area contributed by atoms with Crippen molar-refractivity contribution in [1.29, 1.82) is 0 Å². The molecule has 4 bridgehead atoms. The molecule has 1 aliphatic heterocycles. The number of hydrogen-bond acceptors (Lipinski definition) is 1. The summed E-state index contributed by atoms with van der Waals surface area (Å²) in [4.78, 5) is 0.129. The largest absolute Gasteiger partial charge is 0.380 e. The second-order valence-corrected chi connectivity index (χ2v) is 7.52. The fourth-order valence-electron chi connectivity index (χ4n) is 5.27. The third-order valence-corrected chi connectivity index (χ3v) is 5.80. The molecule has 2 atom stereocenters. The van der Waals surface area contributed by atoms with E-state index in [4.69, 9.17) is 11.6 Å². The Hall–Kier alpha value is -0.430. The zero-order valence-corrected chi connectivity index (χ0v) is 10.9. The maximum absolute atomic E-state index is 6.86. The molecule has 1 heterocycles. The van der Waals surface area contributed by atoms with Gasteiger partial charge in [-0.1, -0.05) is 6.08 Å². The minimum atomic E-state index is 0.129. The predicted molar refractivity (Wildman–Crippen MR) is 69.6 cm³/mol. The van der Waals surface area contributed by atoms with E-state index in [-0.39, 0.29) is 4.87 Å². The molecule has 0 aromatic heterocycles. The monoisotopic (exact) mass is 248 g/mol. The second kappa shape index (κ2) is 3.32. The highest BCUT2D eigenvalue weighted by Crippen LogP contribution is 2.66. The molecule has 4 saturated carbocycles. The van der Waals surface area contributed by atoms with E-state index in [1.807, 2.05) is 0 Å². The molecule has 5 rings (SSSR count). The van der Waals surface area contributed by atoms with Crippen molar-refractivity contribution in [3.8, 4) is 0 Å². The van der Waals surface area contributed by atoms with Gasteiger partial charge >= 0.3 is 0 Å². The molecule has 0 aromatic carbocycles. The number of nitrogens with one attached hydrogen (secondary N) is 1. The van der Waals surface area contributed by atoms with Gasteiger partial charge < -0.3 is 5.32 Å². The van der Waals surface area contributed by atoms with E-state index in [1.54, 1.807) is 0 Å². The van der Waals surface area contributed by atoms with Gasteiger partial charge in [-0.2, -0.15) is 0 Å². The highest BCUT2D eigenvalue weighted by molar-refractivity contribution is 6.24. The Kier molecular flexibility index (Phi) is 2.05. The number of halogens is 1. The van der Waals surface area contributed by atoms with Crippen molar-refractivity contribution in [3.05, 3.63) is 23.9 Å². The summed E-state index contributed by atoms with van der Waals surface area (Å²) in [7, 11) is 0. The topological polar surface area (TPSA) is 12.0 Å². The van der Waals surface area contributed by atoms with Gasteiger partial charge in [-0.3, -0.25) is 0 Å². The van der Waals surface area contributed by atoms with Crippen LogP contribution in [-0.2, 0) is 0 Å². The quantitative estimate of drug-likeness (QED) is 0.702. The van der Waals surface area contributed by atoms with Gasteiger partial charge in [-0.15, -0.1) is 11.6 Å². The number of alkyl halides is 1. The van der Waals surface area contributed by atoms with Crippen LogP contribution in [-0.4, -0.2) is 11.4 Å². The molecule has 2 heteroatoms. The van der Waals surface area contributed by atoms with Gasteiger partial charge in [0, 0.05) is 11.4 Å². The van der Waals surface area contributed by atoms with Gasteiger partial charge in [-0.25, -0.2) is 0 Å². The first-order valence-electron chi connectivity index (χ1n) is 6.89. The minimum absolute atomic E-state index is 0.129. The summed E-state index contributed by atoms with van der Waals surface area (Å²) in [5, 5.41) is 3.14. The summed E-state index contributed by atoms with van der Waals surface area (Å²) >= 11 is 6.86. The lowest BCUT2D eigenvalue weighted by molar-refractivity contribution is -0.0153. The molecule has 1 nitrogen and oxygen atoms in total. The Morgan fingerprint density at radius 2 is 2.00 bits per heavy atom. The molecular weight excluding hydrogens is 230 g/mol. The predicted octanol–water partition coefficient (Wildman–Crippen LogP) is 3.41. The van der Waals surface area contributed by atoms with E-state index < -0.39 is 0 Å². The van der Waals surface area contributed by atoms with Crippen LogP contribution in [0.15, 0.2) is 17.7 Å². The zero-order chi connectivity index (χ0) is 11.5. The van der Waals surface area contributed by atoms with Crippen LogP contribution in [0.25, 0.3) is 0 Å². The highest BCUT2D eigenvalue weighted by atomic mass is 35.5. The maximum Gasteiger partial charge on any atom is 0.0581 e. The van der Waals surface area contributed by atoms with E-state index in [0.29, 0.717) is 5.41 Å². The lowest BCUT2D eigenvalue weighted by atomic mass is 9.47. The van der Waals surface area contributed by atoms with Crippen molar-refractivity contribution in [2.45, 2.75) is 43.4 Å². The molecule has 4 aliphatic carbocycles. The first-order valence-corrected chi connectivity index (χ1v) is 7.27. The third-order valence-electron chi connectivity index (χ3n) is 5.36. The minimum Gasteiger partial charge on any atom is -0.380 e. The van der Waals surface area contributed by atoms with Crippen LogP contribution >= 0.6 is 11.6 Å². The average molecular weight is 249 g/mol. The molecule has 0 spiro atoms. The van der Waals surface area contributed by atoms with Gasteiger partial charge in [0.2, 0.25) is 0 Å². The maximum atomic E-state index is 6.86. The fourth-order valence-corrected chi connectivity index (χ4v) is 5.96. The van der Waals surface area contributed by atoms with E-state index >= 15 is 0 Å². The molecule has 1 radical (unpaired) electrons. The van der Waals surface area contributed by atoms with Crippen LogP contribution < -0.4 is 5.32 Å². The van der Waals surface area contributed by atoms with Gasteiger partial charge in [-0.05, 0) is 67.4 Å². The van der Waals surface area contributed by atoms with Crippen molar-refractivity contribution >= 4 is 11.6 Å². The van der Waals surface area contributed by atoms with Crippen LogP contribution in [0, 0.1) is 23.5 Å². The first-order chi connectivity index (χ1) is 8.18. The van der Waals surface area contributed by atoms with Crippen molar-refractivity contribution < 1.29 is 0 Å². The second-order valence-electron chi connectivity index (χ2n) is 6.72. The normalized spacial score (nSPS) is 51.2. The molecule has 0 saturated heterocycles. The fraction of sp³-hybridized carbons (Fsp3) is 0.733. The average Bonchev–Trinajstić information content (AvgIpc) is 2.27. The van der Waals surface area contributed by atoms with Gasteiger partial charge in [0.25, 0.3) is 0 Å². The van der Waals surface area contributed by atoms with Gasteiger partial charge in [0.1, 0.15) is 0 Å². The molecule has 91 valence electrons. The number of allylic oxidation sites excluding steroid dienone is 2. The summed E-state index contributed by atoms with van der Waals surface area (Å²) < 4.78 is 0. The van der Waals surface area contributed by atoms with Gasteiger partial charge in [0.05, 0.1) is 6.20 Å². The summed E-state index contributed by atoms with van der Waals surface area (Å²) in [5.41, 5.74) is 1.93. The van der Waals surface area contributed by atoms with Gasteiger partial charge in [0.15, 0.2) is 0 Å². The number of rotatable bonds is 1. The van der Waals surface area contributed by atoms with E-state index in [9.17, 15) is 0 Å². The molecular formula is C15H19ClN. The molecule has 5 aliphatic rings. The lowest BCUT2D eigenvalue weighted by Gasteiger charge is -2.60. The van der Waals surface area contributed by atoms with E-state index in [0.717, 1.165) is 18.4 Å². The van der Waals surface area contributed by atoms with Crippen LogP contribution in [0.1, 0.15) is 38.5 Å². The standard InChI is InChI=1S/C15H19ClN/c16-15-8-11-5-12(9-15)7-14(6-11,10-15)13-1-3-17-4-2-13/h1-2,11-12,17H,3,5-10H2. The first kappa shape index (κ1) is 10.5. The third kappa shape index (κ3) is 1.51. The Morgan fingerprint density at radius 3 is 2.59 bits per heavy atom. The highest BCUT2D eigenvalue weighted by Gasteiger charge is 2.57. The summed E-state index contributed by atoms with van der Waals surface area (Å²) in [6.07, 6.45) is 15.7. The van der Waals surface area contributed by atoms with Crippen LogP contribution in [0.5, 0.6) is 0 Å².